The first kappa shape index (κ1) is 25.1. The van der Waals surface area contributed by atoms with E-state index in [2.05, 4.69) is 19.6 Å². The first-order valence-corrected chi connectivity index (χ1v) is 11.1. The van der Waals surface area contributed by atoms with Crippen LogP contribution >= 0.6 is 0 Å². The summed E-state index contributed by atoms with van der Waals surface area (Å²) in [5, 5.41) is 0. The van der Waals surface area contributed by atoms with E-state index in [-0.39, 0.29) is 17.5 Å². The number of rotatable bonds is 4. The molecule has 1 fully saturated rings. The lowest BCUT2D eigenvalue weighted by molar-refractivity contribution is -0.189. The molecule has 0 spiro atoms. The van der Waals surface area contributed by atoms with Crippen LogP contribution in [0, 0.1) is 6.92 Å². The highest BCUT2D eigenvalue weighted by atomic mass is 19.4. The fraction of sp³-hybridized carbons (Fsp3) is 0.280. The molecule has 1 aliphatic rings. The van der Waals surface area contributed by atoms with Gasteiger partial charge in [0.25, 0.3) is 5.91 Å². The van der Waals surface area contributed by atoms with Crippen LogP contribution in [0.3, 0.4) is 0 Å². The molecule has 11 heteroatoms. The van der Waals surface area contributed by atoms with Gasteiger partial charge in [0.05, 0.1) is 11.9 Å². The molecule has 1 aliphatic heterocycles. The largest absolute Gasteiger partial charge is 0.491 e. The number of piperazine rings is 1. The number of carbonyl (C=O) groups is 2. The smallest absolute Gasteiger partial charge is 0.420 e. The summed E-state index contributed by atoms with van der Waals surface area (Å²) in [4.78, 5) is 36.8. The molecule has 3 aromatic rings. The van der Waals surface area contributed by atoms with E-state index < -0.39 is 12.1 Å². The molecule has 0 bridgehead atoms. The predicted molar refractivity (Wildman–Crippen MR) is 127 cm³/mol. The van der Waals surface area contributed by atoms with Crippen molar-refractivity contribution in [3.63, 3.8) is 0 Å². The second kappa shape index (κ2) is 9.94. The Morgan fingerprint density at radius 3 is 2.25 bits per heavy atom. The number of esters is 1. The van der Waals surface area contributed by atoms with E-state index in [4.69, 9.17) is 5.73 Å². The van der Waals surface area contributed by atoms with Crippen molar-refractivity contribution in [2.75, 3.05) is 39.0 Å². The summed E-state index contributed by atoms with van der Waals surface area (Å²) in [5.74, 6) is -2.46. The molecule has 2 heterocycles. The summed E-state index contributed by atoms with van der Waals surface area (Å²) in [6.45, 7) is 4.88. The normalized spacial score (nSPS) is 14.5. The van der Waals surface area contributed by atoms with E-state index in [1.807, 2.05) is 24.9 Å². The molecule has 1 amide bonds. The number of hydrogen-bond acceptors (Lipinski definition) is 7. The Labute approximate surface area is 205 Å². The number of alkyl halides is 3. The van der Waals surface area contributed by atoms with Crippen LogP contribution < -0.4 is 10.5 Å². The molecule has 0 saturated carbocycles. The molecule has 2 N–H and O–H groups in total. The number of aryl methyl sites for hydroxylation is 1. The van der Waals surface area contributed by atoms with Gasteiger partial charge in [-0.2, -0.15) is 13.2 Å². The Balaban J connectivity index is 1.55. The van der Waals surface area contributed by atoms with Crippen LogP contribution in [0.1, 0.15) is 15.9 Å². The second-order valence-corrected chi connectivity index (χ2v) is 8.53. The van der Waals surface area contributed by atoms with Crippen molar-refractivity contribution >= 4 is 17.7 Å². The van der Waals surface area contributed by atoms with Gasteiger partial charge in [0, 0.05) is 42.9 Å². The van der Waals surface area contributed by atoms with Crippen LogP contribution in [0.5, 0.6) is 5.75 Å². The van der Waals surface area contributed by atoms with E-state index in [0.29, 0.717) is 35.6 Å². The first-order chi connectivity index (χ1) is 17.0. The van der Waals surface area contributed by atoms with Crippen LogP contribution in [0.25, 0.3) is 22.5 Å². The lowest BCUT2D eigenvalue weighted by Crippen LogP contribution is -2.47. The van der Waals surface area contributed by atoms with Gasteiger partial charge < -0.3 is 20.3 Å². The monoisotopic (exact) mass is 499 g/mol. The number of nitrogen functional groups attached to an aromatic ring is 1. The van der Waals surface area contributed by atoms with Crippen molar-refractivity contribution in [3.8, 4) is 28.3 Å². The predicted octanol–water partition coefficient (Wildman–Crippen LogP) is 3.56. The topological polar surface area (TPSA) is 102 Å². The summed E-state index contributed by atoms with van der Waals surface area (Å²) in [5.41, 5.74) is 9.45. The highest BCUT2D eigenvalue weighted by molar-refractivity contribution is 5.96. The van der Waals surface area contributed by atoms with Gasteiger partial charge in [0.1, 0.15) is 17.3 Å². The van der Waals surface area contributed by atoms with Gasteiger partial charge in [-0.05, 0) is 55.9 Å². The van der Waals surface area contributed by atoms with E-state index in [0.717, 1.165) is 24.2 Å². The number of ether oxygens (including phenoxy) is 1. The zero-order valence-electron chi connectivity index (χ0n) is 19.7. The maximum atomic E-state index is 13.0. The maximum absolute atomic E-state index is 13.0. The minimum atomic E-state index is -5.09. The number of nitrogens with two attached hydrogens (primary N) is 1. The second-order valence-electron chi connectivity index (χ2n) is 8.53. The van der Waals surface area contributed by atoms with Crippen molar-refractivity contribution in [1.29, 1.82) is 0 Å². The van der Waals surface area contributed by atoms with Crippen LogP contribution in [-0.4, -0.2) is 71.0 Å². The quantitative estimate of drug-likeness (QED) is 0.433. The Morgan fingerprint density at radius 1 is 1.00 bits per heavy atom. The standard InChI is InChI=1S/C25H24F3N5O3/c1-15-13-17(5-8-19(15)23(34)33-11-9-32(2)10-12-33)20-14-30-22(29)21(31-20)16-3-6-18(7-4-16)36-24(35)25(26,27)28/h3-8,13-14H,9-12H2,1-2H3,(H2,29,30). The average Bonchev–Trinajstić information content (AvgIpc) is 2.84. The van der Waals surface area contributed by atoms with Crippen LogP contribution in [0.15, 0.2) is 48.7 Å². The third-order valence-electron chi connectivity index (χ3n) is 5.91. The van der Waals surface area contributed by atoms with E-state index in [1.54, 1.807) is 12.1 Å². The molecular weight excluding hydrogens is 475 g/mol. The van der Waals surface area contributed by atoms with Crippen molar-refractivity contribution < 1.29 is 27.5 Å². The van der Waals surface area contributed by atoms with Gasteiger partial charge in [-0.25, -0.2) is 14.8 Å². The van der Waals surface area contributed by atoms with E-state index in [9.17, 15) is 22.8 Å². The minimum absolute atomic E-state index is 0.0115. The van der Waals surface area contributed by atoms with Gasteiger partial charge in [0.15, 0.2) is 0 Å². The van der Waals surface area contributed by atoms with E-state index >= 15 is 0 Å². The number of likely N-dealkylation sites (N-methyl/N-ethyl adjacent to an activating group) is 1. The van der Waals surface area contributed by atoms with Gasteiger partial charge >= 0.3 is 12.1 Å². The molecule has 8 nitrogen and oxygen atoms in total. The third kappa shape index (κ3) is 5.46. The van der Waals surface area contributed by atoms with Crippen molar-refractivity contribution in [3.05, 3.63) is 59.8 Å². The zero-order chi connectivity index (χ0) is 26.0. The van der Waals surface area contributed by atoms with Gasteiger partial charge in [-0.1, -0.05) is 6.07 Å². The molecule has 4 rings (SSSR count). The number of hydrogen-bond donors (Lipinski definition) is 1. The molecule has 2 aromatic carbocycles. The Hall–Kier alpha value is -3.99. The Morgan fingerprint density at radius 2 is 1.64 bits per heavy atom. The number of aromatic nitrogens is 2. The number of amides is 1. The SMILES string of the molecule is Cc1cc(-c2cnc(N)c(-c3ccc(OC(=O)C(F)(F)F)cc3)n2)ccc1C(=O)N1CCN(C)CC1. The molecule has 0 aliphatic carbocycles. The molecule has 0 radical (unpaired) electrons. The fourth-order valence-corrected chi connectivity index (χ4v) is 3.84. The van der Waals surface area contributed by atoms with Crippen LogP contribution in [0.4, 0.5) is 19.0 Å². The highest BCUT2D eigenvalue weighted by Crippen LogP contribution is 2.29. The van der Waals surface area contributed by atoms with Gasteiger partial charge in [-0.3, -0.25) is 4.79 Å². The number of anilines is 1. The lowest BCUT2D eigenvalue weighted by atomic mass is 10.0. The summed E-state index contributed by atoms with van der Waals surface area (Å²) in [7, 11) is 2.03. The molecule has 1 aromatic heterocycles. The zero-order valence-corrected chi connectivity index (χ0v) is 19.7. The summed E-state index contributed by atoms with van der Waals surface area (Å²) < 4.78 is 41.6. The first-order valence-electron chi connectivity index (χ1n) is 11.1. The Kier molecular flexibility index (Phi) is 6.93. The number of carbonyl (C=O) groups excluding carboxylic acids is 2. The summed E-state index contributed by atoms with van der Waals surface area (Å²) >= 11 is 0. The molecular formula is C25H24F3N5O3. The minimum Gasteiger partial charge on any atom is -0.420 e. The van der Waals surface area contributed by atoms with Gasteiger partial charge in [-0.15, -0.1) is 0 Å². The Bertz CT molecular complexity index is 1290. The van der Waals surface area contributed by atoms with Crippen molar-refractivity contribution in [2.24, 2.45) is 0 Å². The van der Waals surface area contributed by atoms with Crippen molar-refractivity contribution in [2.45, 2.75) is 13.1 Å². The number of halogens is 3. The molecule has 0 unspecified atom stereocenters. The van der Waals surface area contributed by atoms with E-state index in [1.165, 1.54) is 30.5 Å². The summed E-state index contributed by atoms with van der Waals surface area (Å²) in [6.07, 6.45) is -3.58. The van der Waals surface area contributed by atoms with Crippen LogP contribution in [-0.2, 0) is 4.79 Å². The highest BCUT2D eigenvalue weighted by Gasteiger charge is 2.41. The number of benzene rings is 2. The average molecular weight is 499 g/mol. The molecule has 0 atom stereocenters. The van der Waals surface area contributed by atoms with Crippen LogP contribution in [0.2, 0.25) is 0 Å². The number of nitrogens with zero attached hydrogens (tertiary/aromatic N) is 4. The molecule has 1 saturated heterocycles. The maximum Gasteiger partial charge on any atom is 0.491 e. The molecule has 36 heavy (non-hydrogen) atoms. The fourth-order valence-electron chi connectivity index (χ4n) is 3.84. The van der Waals surface area contributed by atoms with Gasteiger partial charge in [0.2, 0.25) is 0 Å². The third-order valence-corrected chi connectivity index (χ3v) is 5.91. The molecule has 188 valence electrons. The summed E-state index contributed by atoms with van der Waals surface area (Å²) in [6, 6.07) is 10.7. The lowest BCUT2D eigenvalue weighted by Gasteiger charge is -2.32. The van der Waals surface area contributed by atoms with Crippen molar-refractivity contribution in [1.82, 2.24) is 19.8 Å².